The molecule has 1 aromatic heterocycles. The number of rotatable bonds is 9. The Morgan fingerprint density at radius 3 is 2.25 bits per heavy atom. The number of nitrogens with one attached hydrogen (secondary N) is 2. The highest BCUT2D eigenvalue weighted by Gasteiger charge is 2.40. The van der Waals surface area contributed by atoms with Crippen LogP contribution in [-0.4, -0.2) is 93.9 Å². The predicted octanol–water partition coefficient (Wildman–Crippen LogP) is 5.94. The van der Waals surface area contributed by atoms with Crippen molar-refractivity contribution in [1.82, 2.24) is 20.1 Å². The normalized spacial score (nSPS) is 17.9. The van der Waals surface area contributed by atoms with Crippen molar-refractivity contribution < 1.29 is 37.5 Å². The first-order valence-corrected chi connectivity index (χ1v) is 19.1. The number of imide groups is 1. The summed E-state index contributed by atoms with van der Waals surface area (Å²) in [7, 11) is 1.44. The molecule has 0 spiro atoms. The smallest absolute Gasteiger partial charge is 0.397 e. The second kappa shape index (κ2) is 21.0. The van der Waals surface area contributed by atoms with E-state index in [1.165, 1.54) is 29.9 Å². The molecule has 2 aromatic rings. The molecule has 5 rings (SSSR count). The highest BCUT2D eigenvalue weighted by atomic mass is 32.1. The molecule has 3 N–H and O–H groups in total. The standard InChI is InChI=1S/C20H24F3N3OS.C17H22N4O3.C2H6O/c1-19(2,26(13-28)15-7-5-4-6-8-15)18(27)25(3)16-10-9-14(12-24)17(11-16)20(21,22)23;22-15-7-5-13(17(24)20-15)14-6-4-12(10-18-14)19-16(23)11-21-8-2-1-3-9-21;1-2-3/h9-11,13,15H,4-8H2,1-3H3;4,6,10,13H,1-3,5,7-9,11H2,(H,19,23)(H,20,22,24);3H,2H2,1H3. The summed E-state index contributed by atoms with van der Waals surface area (Å²) in [6.07, 6.45) is 6.37. The number of alkyl halides is 3. The Bertz CT molecular complexity index is 1670. The van der Waals surface area contributed by atoms with Crippen molar-refractivity contribution in [1.29, 1.82) is 5.26 Å². The van der Waals surface area contributed by atoms with Crippen molar-refractivity contribution in [2.75, 3.05) is 43.5 Å². The maximum absolute atomic E-state index is 13.3. The highest BCUT2D eigenvalue weighted by molar-refractivity contribution is 7.78. The van der Waals surface area contributed by atoms with Crippen molar-refractivity contribution in [3.8, 4) is 6.07 Å². The Balaban J connectivity index is 0.000000278. The van der Waals surface area contributed by atoms with Crippen LogP contribution in [0.4, 0.5) is 24.5 Å². The van der Waals surface area contributed by atoms with Gasteiger partial charge in [0.25, 0.3) is 5.91 Å². The molecule has 1 aromatic carbocycles. The van der Waals surface area contributed by atoms with Gasteiger partial charge in [0.05, 0.1) is 52.7 Å². The van der Waals surface area contributed by atoms with E-state index in [1.54, 1.807) is 45.2 Å². The third-order valence-corrected chi connectivity index (χ3v) is 10.1. The number of nitriles is 1. The van der Waals surface area contributed by atoms with Gasteiger partial charge in [-0.25, -0.2) is 0 Å². The van der Waals surface area contributed by atoms with Gasteiger partial charge in [-0.05, 0) is 96.3 Å². The summed E-state index contributed by atoms with van der Waals surface area (Å²) in [5.41, 5.74) is 0.273. The Labute approximate surface area is 326 Å². The van der Waals surface area contributed by atoms with Crippen LogP contribution in [0, 0.1) is 11.3 Å². The van der Waals surface area contributed by atoms with Gasteiger partial charge in [-0.1, -0.05) is 37.9 Å². The molecule has 2 saturated heterocycles. The number of halogens is 3. The molecule has 1 saturated carbocycles. The molecule has 2 aliphatic heterocycles. The number of aliphatic hydroxyl groups excluding tert-OH is 1. The van der Waals surface area contributed by atoms with Gasteiger partial charge in [-0.15, -0.1) is 0 Å². The molecule has 16 heteroatoms. The minimum absolute atomic E-state index is 0.0487. The first-order valence-electron chi connectivity index (χ1n) is 18.6. The van der Waals surface area contributed by atoms with E-state index in [-0.39, 0.29) is 42.0 Å². The zero-order valence-corrected chi connectivity index (χ0v) is 32.8. The Morgan fingerprint density at radius 1 is 1.07 bits per heavy atom. The molecule has 3 fully saturated rings. The largest absolute Gasteiger partial charge is 0.417 e. The average molecular weight is 788 g/mol. The van der Waals surface area contributed by atoms with Gasteiger partial charge in [0.2, 0.25) is 17.7 Å². The molecule has 4 amide bonds. The predicted molar refractivity (Wildman–Crippen MR) is 207 cm³/mol. The molecule has 1 aliphatic carbocycles. The van der Waals surface area contributed by atoms with E-state index in [4.69, 9.17) is 22.6 Å². The molecule has 12 nitrogen and oxygen atoms in total. The van der Waals surface area contributed by atoms with Crippen LogP contribution in [0.3, 0.4) is 0 Å². The Hall–Kier alpha value is -4.46. The number of nitrogens with zero attached hydrogens (tertiary/aromatic N) is 5. The van der Waals surface area contributed by atoms with E-state index in [9.17, 15) is 32.3 Å². The van der Waals surface area contributed by atoms with Crippen molar-refractivity contribution in [2.24, 2.45) is 0 Å². The van der Waals surface area contributed by atoms with Gasteiger partial charge >= 0.3 is 6.18 Å². The lowest BCUT2D eigenvalue weighted by Crippen LogP contribution is -2.58. The van der Waals surface area contributed by atoms with E-state index in [0.29, 0.717) is 30.8 Å². The van der Waals surface area contributed by atoms with E-state index < -0.39 is 28.8 Å². The Morgan fingerprint density at radius 2 is 1.71 bits per heavy atom. The topological polar surface area (TPSA) is 159 Å². The van der Waals surface area contributed by atoms with E-state index in [0.717, 1.165) is 70.2 Å². The molecular formula is C39H52F3N7O5S. The highest BCUT2D eigenvalue weighted by Crippen LogP contribution is 2.35. The number of pyridine rings is 1. The van der Waals surface area contributed by atoms with Gasteiger partial charge in [0, 0.05) is 31.8 Å². The number of hydrogen-bond acceptors (Lipinski definition) is 9. The number of benzene rings is 1. The first kappa shape index (κ1) is 44.9. The van der Waals surface area contributed by atoms with Gasteiger partial charge < -0.3 is 20.2 Å². The molecule has 55 heavy (non-hydrogen) atoms. The number of piperidine rings is 2. The maximum atomic E-state index is 13.3. The zero-order valence-electron chi connectivity index (χ0n) is 32.0. The second-order valence-corrected chi connectivity index (χ2v) is 14.5. The number of carbonyl (C=O) groups is 4. The van der Waals surface area contributed by atoms with Crippen molar-refractivity contribution in [3.63, 3.8) is 0 Å². The fraction of sp³-hybridized carbons (Fsp3) is 0.564. The summed E-state index contributed by atoms with van der Waals surface area (Å²) in [6.45, 7) is 7.74. The Kier molecular flexibility index (Phi) is 17.2. The van der Waals surface area contributed by atoms with Crippen molar-refractivity contribution in [3.05, 3.63) is 53.3 Å². The fourth-order valence-electron chi connectivity index (χ4n) is 6.93. The van der Waals surface area contributed by atoms with Crippen LogP contribution in [0.5, 0.6) is 0 Å². The number of likely N-dealkylation sites (tertiary alicyclic amines) is 1. The minimum atomic E-state index is -4.68. The monoisotopic (exact) mass is 787 g/mol. The number of aromatic nitrogens is 1. The molecule has 3 aliphatic rings. The summed E-state index contributed by atoms with van der Waals surface area (Å²) in [6, 6.07) is 8.46. The van der Waals surface area contributed by atoms with Crippen molar-refractivity contribution in [2.45, 2.75) is 109 Å². The molecule has 0 radical (unpaired) electrons. The van der Waals surface area contributed by atoms with Gasteiger partial charge in [-0.3, -0.25) is 34.4 Å². The van der Waals surface area contributed by atoms with E-state index >= 15 is 0 Å². The SMILES string of the molecule is CCO.CN(C(=O)C(C)(C)N(C=S)C1CCCCC1)c1ccc(C#N)c(C(F)(F)F)c1.O=C1CCC(c2ccc(NC(=O)CN3CCCCC3)cn2)C(=O)N1. The number of hydrogen-bond donors (Lipinski definition) is 3. The summed E-state index contributed by atoms with van der Waals surface area (Å²) in [5, 5.41) is 21.7. The zero-order chi connectivity index (χ0) is 40.8. The van der Waals surface area contributed by atoms with E-state index in [1.807, 2.05) is 4.90 Å². The molecule has 0 bridgehead atoms. The van der Waals surface area contributed by atoms with Gasteiger partial charge in [-0.2, -0.15) is 18.4 Å². The number of aliphatic hydroxyl groups is 1. The van der Waals surface area contributed by atoms with Crippen LogP contribution in [-0.2, 0) is 25.4 Å². The third-order valence-electron chi connectivity index (χ3n) is 9.85. The molecule has 1 unspecified atom stereocenters. The lowest BCUT2D eigenvalue weighted by molar-refractivity contribution is -0.138. The quantitative estimate of drug-likeness (QED) is 0.205. The van der Waals surface area contributed by atoms with Crippen LogP contribution < -0.4 is 15.5 Å². The lowest BCUT2D eigenvalue weighted by atomic mass is 9.90. The number of carbonyl (C=O) groups excluding carboxylic acids is 4. The summed E-state index contributed by atoms with van der Waals surface area (Å²) < 4.78 is 39.8. The van der Waals surface area contributed by atoms with Crippen LogP contribution in [0.15, 0.2) is 36.5 Å². The molecule has 3 heterocycles. The molecule has 1 atom stereocenters. The van der Waals surface area contributed by atoms with Crippen LogP contribution in [0.2, 0.25) is 0 Å². The third kappa shape index (κ3) is 12.8. The van der Waals surface area contributed by atoms with Gasteiger partial charge in [0.1, 0.15) is 5.54 Å². The first-order chi connectivity index (χ1) is 26.1. The van der Waals surface area contributed by atoms with Crippen LogP contribution in [0.25, 0.3) is 0 Å². The molecule has 300 valence electrons. The van der Waals surface area contributed by atoms with E-state index in [2.05, 4.69) is 20.5 Å². The number of thiocarbonyl (C=S) groups is 1. The maximum Gasteiger partial charge on any atom is 0.417 e. The number of anilines is 2. The second-order valence-electron chi connectivity index (χ2n) is 14.2. The lowest BCUT2D eigenvalue weighted by Gasteiger charge is -2.44. The summed E-state index contributed by atoms with van der Waals surface area (Å²) in [5.74, 6) is -1.36. The van der Waals surface area contributed by atoms with Crippen LogP contribution >= 0.6 is 12.2 Å². The summed E-state index contributed by atoms with van der Waals surface area (Å²) in [4.78, 5) is 57.8. The minimum Gasteiger partial charge on any atom is -0.397 e. The fourth-order valence-corrected chi connectivity index (χ4v) is 7.36. The number of amides is 4. The number of likely N-dealkylation sites (N-methyl/N-ethyl adjacent to an activating group) is 1. The van der Waals surface area contributed by atoms with Crippen molar-refractivity contribution >= 4 is 52.7 Å². The molecular weight excluding hydrogens is 736 g/mol. The van der Waals surface area contributed by atoms with Crippen LogP contribution in [0.1, 0.15) is 108 Å². The average Bonchev–Trinajstić information content (AvgIpc) is 3.15. The summed E-state index contributed by atoms with van der Waals surface area (Å²) >= 11 is 5.17. The van der Waals surface area contributed by atoms with Gasteiger partial charge in [0.15, 0.2) is 0 Å².